The zero-order valence-electron chi connectivity index (χ0n) is 10.7. The Morgan fingerprint density at radius 1 is 1.35 bits per heavy atom. The van der Waals surface area contributed by atoms with Gasteiger partial charge in [0.15, 0.2) is 0 Å². The third-order valence-electron chi connectivity index (χ3n) is 2.90. The van der Waals surface area contributed by atoms with Gasteiger partial charge in [-0.25, -0.2) is 0 Å². The van der Waals surface area contributed by atoms with Crippen molar-refractivity contribution in [2.75, 3.05) is 6.54 Å². The summed E-state index contributed by atoms with van der Waals surface area (Å²) >= 11 is 0. The van der Waals surface area contributed by atoms with Crippen LogP contribution in [0, 0.1) is 19.3 Å². The molecule has 0 spiro atoms. The van der Waals surface area contributed by atoms with Crippen molar-refractivity contribution in [2.24, 2.45) is 5.73 Å². The lowest BCUT2D eigenvalue weighted by molar-refractivity contribution is 0.475. The number of nitrogens with two attached hydrogens (primary N) is 1. The lowest BCUT2D eigenvalue weighted by atomic mass is 10.0. The van der Waals surface area contributed by atoms with E-state index in [0.717, 1.165) is 12.8 Å². The normalized spacial score (nSPS) is 14.0. The highest BCUT2D eigenvalue weighted by molar-refractivity contribution is 5.24. The highest BCUT2D eigenvalue weighted by Gasteiger charge is 2.13. The van der Waals surface area contributed by atoms with Gasteiger partial charge in [-0.15, -0.1) is 6.42 Å². The standard InChI is InChI=1S/C15H22N2/c1-4-6-14(5-2)17-15(11-16)13-9-7-12(3)8-10-13/h2,7-10,14-15,17H,4,6,11,16H2,1,3H3. The van der Waals surface area contributed by atoms with E-state index in [1.54, 1.807) is 0 Å². The molecule has 0 aliphatic rings. The second kappa shape index (κ2) is 7.11. The largest absolute Gasteiger partial charge is 0.329 e. The summed E-state index contributed by atoms with van der Waals surface area (Å²) < 4.78 is 0. The van der Waals surface area contributed by atoms with Gasteiger partial charge in [0.05, 0.1) is 6.04 Å². The Hall–Kier alpha value is -1.30. The van der Waals surface area contributed by atoms with Crippen LogP contribution in [-0.4, -0.2) is 12.6 Å². The molecule has 1 aromatic carbocycles. The van der Waals surface area contributed by atoms with Crippen molar-refractivity contribution in [2.45, 2.75) is 38.8 Å². The third-order valence-corrected chi connectivity index (χ3v) is 2.90. The first kappa shape index (κ1) is 13.8. The minimum Gasteiger partial charge on any atom is -0.329 e. The second-order valence-electron chi connectivity index (χ2n) is 4.37. The lowest BCUT2D eigenvalue weighted by Crippen LogP contribution is -2.35. The van der Waals surface area contributed by atoms with Crippen LogP contribution in [0.5, 0.6) is 0 Å². The molecule has 2 nitrogen and oxygen atoms in total. The Labute approximate surface area is 105 Å². The van der Waals surface area contributed by atoms with Crippen molar-refractivity contribution in [1.82, 2.24) is 5.32 Å². The minimum atomic E-state index is 0.106. The van der Waals surface area contributed by atoms with Crippen LogP contribution in [-0.2, 0) is 0 Å². The summed E-state index contributed by atoms with van der Waals surface area (Å²) in [5.74, 6) is 2.78. The molecule has 3 N–H and O–H groups in total. The van der Waals surface area contributed by atoms with Crippen LogP contribution in [0.15, 0.2) is 24.3 Å². The van der Waals surface area contributed by atoms with Crippen LogP contribution in [0.4, 0.5) is 0 Å². The molecule has 0 saturated heterocycles. The van der Waals surface area contributed by atoms with Gasteiger partial charge in [-0.2, -0.15) is 0 Å². The van der Waals surface area contributed by atoms with Gasteiger partial charge in [-0.05, 0) is 18.9 Å². The van der Waals surface area contributed by atoms with Gasteiger partial charge >= 0.3 is 0 Å². The number of rotatable bonds is 6. The Kier molecular flexibility index (Phi) is 5.76. The average Bonchev–Trinajstić information content (AvgIpc) is 2.36. The molecule has 0 aromatic heterocycles. The first-order chi connectivity index (χ1) is 8.21. The van der Waals surface area contributed by atoms with E-state index in [1.165, 1.54) is 11.1 Å². The number of benzene rings is 1. The van der Waals surface area contributed by atoms with E-state index in [-0.39, 0.29) is 12.1 Å². The van der Waals surface area contributed by atoms with Crippen LogP contribution in [0.2, 0.25) is 0 Å². The predicted molar refractivity (Wildman–Crippen MR) is 73.6 cm³/mol. The smallest absolute Gasteiger partial charge is 0.0692 e. The second-order valence-corrected chi connectivity index (χ2v) is 4.37. The van der Waals surface area contributed by atoms with Crippen molar-refractivity contribution in [3.63, 3.8) is 0 Å². The summed E-state index contributed by atoms with van der Waals surface area (Å²) in [7, 11) is 0. The molecule has 0 fully saturated rings. The van der Waals surface area contributed by atoms with E-state index < -0.39 is 0 Å². The Morgan fingerprint density at radius 3 is 2.47 bits per heavy atom. The van der Waals surface area contributed by atoms with Gasteiger partial charge in [0.2, 0.25) is 0 Å². The van der Waals surface area contributed by atoms with Crippen molar-refractivity contribution < 1.29 is 0 Å². The minimum absolute atomic E-state index is 0.106. The van der Waals surface area contributed by atoms with Crippen molar-refractivity contribution in [1.29, 1.82) is 0 Å². The van der Waals surface area contributed by atoms with Gasteiger partial charge in [0.1, 0.15) is 0 Å². The average molecular weight is 230 g/mol. The molecular weight excluding hydrogens is 208 g/mol. The Bertz CT molecular complexity index is 362. The molecular formula is C15H22N2. The summed E-state index contributed by atoms with van der Waals surface area (Å²) in [6, 6.07) is 8.67. The topological polar surface area (TPSA) is 38.0 Å². The van der Waals surface area contributed by atoms with Crippen LogP contribution in [0.3, 0.4) is 0 Å². The fourth-order valence-corrected chi connectivity index (χ4v) is 1.85. The summed E-state index contributed by atoms with van der Waals surface area (Å²) in [6.45, 7) is 4.77. The molecule has 0 bridgehead atoms. The maximum atomic E-state index is 5.81. The summed E-state index contributed by atoms with van der Waals surface area (Å²) in [4.78, 5) is 0. The molecule has 0 heterocycles. The molecule has 0 aliphatic carbocycles. The summed E-state index contributed by atoms with van der Waals surface area (Å²) in [5, 5.41) is 3.43. The quantitative estimate of drug-likeness (QED) is 0.736. The highest BCUT2D eigenvalue weighted by atomic mass is 15.0. The summed E-state index contributed by atoms with van der Waals surface area (Å²) in [5.41, 5.74) is 8.27. The molecule has 2 heteroatoms. The van der Waals surface area contributed by atoms with Gasteiger partial charge in [-0.1, -0.05) is 49.1 Å². The van der Waals surface area contributed by atoms with Crippen LogP contribution in [0.1, 0.15) is 36.9 Å². The molecule has 0 radical (unpaired) electrons. The van der Waals surface area contributed by atoms with Crippen molar-refractivity contribution >= 4 is 0 Å². The molecule has 0 amide bonds. The SMILES string of the molecule is C#CC(CCC)NC(CN)c1ccc(C)cc1. The molecule has 1 rings (SSSR count). The monoisotopic (exact) mass is 230 g/mol. The highest BCUT2D eigenvalue weighted by Crippen LogP contribution is 2.14. The molecule has 2 atom stereocenters. The number of hydrogen-bond acceptors (Lipinski definition) is 2. The van der Waals surface area contributed by atoms with Gasteiger partial charge < -0.3 is 5.73 Å². The van der Waals surface area contributed by atoms with Crippen LogP contribution < -0.4 is 11.1 Å². The van der Waals surface area contributed by atoms with Gasteiger partial charge in [0, 0.05) is 12.6 Å². The number of aryl methyl sites for hydroxylation is 1. The van der Waals surface area contributed by atoms with Gasteiger partial charge in [0.25, 0.3) is 0 Å². The van der Waals surface area contributed by atoms with Crippen LogP contribution >= 0.6 is 0 Å². The maximum Gasteiger partial charge on any atom is 0.0692 e. The molecule has 92 valence electrons. The van der Waals surface area contributed by atoms with E-state index in [0.29, 0.717) is 6.54 Å². The zero-order valence-corrected chi connectivity index (χ0v) is 10.7. The maximum absolute atomic E-state index is 5.81. The number of nitrogens with one attached hydrogen (secondary N) is 1. The molecule has 0 saturated carbocycles. The van der Waals surface area contributed by atoms with E-state index in [9.17, 15) is 0 Å². The third kappa shape index (κ3) is 4.22. The van der Waals surface area contributed by atoms with E-state index in [4.69, 9.17) is 12.2 Å². The first-order valence-electron chi connectivity index (χ1n) is 6.20. The molecule has 2 unspecified atom stereocenters. The fourth-order valence-electron chi connectivity index (χ4n) is 1.85. The van der Waals surface area contributed by atoms with Crippen LogP contribution in [0.25, 0.3) is 0 Å². The summed E-state index contributed by atoms with van der Waals surface area (Å²) in [6.07, 6.45) is 7.57. The van der Waals surface area contributed by atoms with E-state index in [1.807, 2.05) is 0 Å². The lowest BCUT2D eigenvalue weighted by Gasteiger charge is -2.21. The fraction of sp³-hybridized carbons (Fsp3) is 0.467. The molecule has 17 heavy (non-hydrogen) atoms. The Balaban J connectivity index is 2.71. The number of terminal acetylenes is 1. The van der Waals surface area contributed by atoms with Crippen molar-refractivity contribution in [3.05, 3.63) is 35.4 Å². The van der Waals surface area contributed by atoms with E-state index in [2.05, 4.69) is 49.4 Å². The van der Waals surface area contributed by atoms with Crippen molar-refractivity contribution in [3.8, 4) is 12.3 Å². The van der Waals surface area contributed by atoms with Gasteiger partial charge in [-0.3, -0.25) is 5.32 Å². The Morgan fingerprint density at radius 2 is 2.00 bits per heavy atom. The number of hydrogen-bond donors (Lipinski definition) is 2. The molecule has 0 aliphatic heterocycles. The zero-order chi connectivity index (χ0) is 12.7. The van der Waals surface area contributed by atoms with E-state index >= 15 is 0 Å². The predicted octanol–water partition coefficient (Wildman–Crippen LogP) is 2.39. The molecule has 1 aromatic rings. The first-order valence-corrected chi connectivity index (χ1v) is 6.20.